The van der Waals surface area contributed by atoms with E-state index in [9.17, 15) is 4.79 Å². The van der Waals surface area contributed by atoms with Gasteiger partial charge in [0.15, 0.2) is 5.16 Å². The van der Waals surface area contributed by atoms with Crippen molar-refractivity contribution in [3.8, 4) is 0 Å². The molecule has 0 atom stereocenters. The van der Waals surface area contributed by atoms with Crippen molar-refractivity contribution in [2.24, 2.45) is 0 Å². The standard InChI is InChI=1S/C14H16BrN3O2S/c15-10-4-5-11-12(8-10)18(17-6-2-1-3-7-17)14(16-11)21-9-13(19)20/h4-5,8H,1-3,6-7,9H2,(H,19,20). The van der Waals surface area contributed by atoms with E-state index in [2.05, 4.69) is 30.6 Å². The lowest BCUT2D eigenvalue weighted by Gasteiger charge is -2.31. The Labute approximate surface area is 135 Å². The maximum absolute atomic E-state index is 10.9. The predicted molar refractivity (Wildman–Crippen MR) is 87.6 cm³/mol. The number of carboxylic acids is 1. The van der Waals surface area contributed by atoms with Crippen LogP contribution in [0.2, 0.25) is 0 Å². The van der Waals surface area contributed by atoms with Crippen molar-refractivity contribution in [3.05, 3.63) is 22.7 Å². The highest BCUT2D eigenvalue weighted by Gasteiger charge is 2.19. The lowest BCUT2D eigenvalue weighted by molar-refractivity contribution is -0.133. The molecular weight excluding hydrogens is 354 g/mol. The summed E-state index contributed by atoms with van der Waals surface area (Å²) in [4.78, 5) is 15.5. The number of imidazole rings is 1. The number of nitrogens with zero attached hydrogens (tertiary/aromatic N) is 3. The normalized spacial score (nSPS) is 15.6. The maximum atomic E-state index is 10.9. The van der Waals surface area contributed by atoms with Gasteiger partial charge in [-0.2, -0.15) is 0 Å². The van der Waals surface area contributed by atoms with Crippen LogP contribution in [0.25, 0.3) is 11.0 Å². The van der Waals surface area contributed by atoms with Gasteiger partial charge in [0, 0.05) is 17.6 Å². The number of carbonyl (C=O) groups is 1. The fraction of sp³-hybridized carbons (Fsp3) is 0.429. The van der Waals surface area contributed by atoms with Crippen LogP contribution in [-0.2, 0) is 4.79 Å². The van der Waals surface area contributed by atoms with Crippen molar-refractivity contribution in [2.45, 2.75) is 24.4 Å². The molecule has 7 heteroatoms. The minimum absolute atomic E-state index is 0.0261. The molecule has 0 bridgehead atoms. The minimum atomic E-state index is -0.821. The van der Waals surface area contributed by atoms with Gasteiger partial charge in [-0.3, -0.25) is 4.79 Å². The molecule has 1 aromatic heterocycles. The Morgan fingerprint density at radius 2 is 2.10 bits per heavy atom. The molecule has 1 fully saturated rings. The zero-order valence-electron chi connectivity index (χ0n) is 11.5. The van der Waals surface area contributed by atoms with Crippen LogP contribution in [-0.4, -0.2) is 39.6 Å². The lowest BCUT2D eigenvalue weighted by Crippen LogP contribution is -2.39. The van der Waals surface area contributed by atoms with Crippen molar-refractivity contribution in [1.82, 2.24) is 9.66 Å². The van der Waals surface area contributed by atoms with Crippen molar-refractivity contribution in [3.63, 3.8) is 0 Å². The third kappa shape index (κ3) is 3.18. The molecule has 2 aromatic rings. The smallest absolute Gasteiger partial charge is 0.313 e. The number of benzene rings is 1. The summed E-state index contributed by atoms with van der Waals surface area (Å²) in [6, 6.07) is 5.97. The predicted octanol–water partition coefficient (Wildman–Crippen LogP) is 3.10. The van der Waals surface area contributed by atoms with E-state index in [-0.39, 0.29) is 5.75 Å². The Hall–Kier alpha value is -1.21. The summed E-state index contributed by atoms with van der Waals surface area (Å²) in [6.45, 7) is 1.97. The second kappa shape index (κ2) is 6.27. The topological polar surface area (TPSA) is 58.4 Å². The number of fused-ring (bicyclic) bond motifs is 1. The molecule has 1 aromatic carbocycles. The number of piperidine rings is 1. The number of carboxylic acid groups (broad SMARTS) is 1. The maximum Gasteiger partial charge on any atom is 0.313 e. The van der Waals surface area contributed by atoms with Gasteiger partial charge in [0.25, 0.3) is 0 Å². The average Bonchev–Trinajstić information content (AvgIpc) is 2.83. The van der Waals surface area contributed by atoms with Gasteiger partial charge in [0.05, 0.1) is 16.8 Å². The zero-order chi connectivity index (χ0) is 14.8. The Morgan fingerprint density at radius 1 is 1.33 bits per heavy atom. The summed E-state index contributed by atoms with van der Waals surface area (Å²) in [5.41, 5.74) is 1.93. The fourth-order valence-corrected chi connectivity index (χ4v) is 3.69. The van der Waals surface area contributed by atoms with Gasteiger partial charge in [0.2, 0.25) is 0 Å². The van der Waals surface area contributed by atoms with Crippen molar-refractivity contribution in [2.75, 3.05) is 23.9 Å². The first-order chi connectivity index (χ1) is 10.1. The second-order valence-electron chi connectivity index (χ2n) is 5.04. The molecule has 1 N–H and O–H groups in total. The van der Waals surface area contributed by atoms with E-state index in [1.54, 1.807) is 0 Å². The average molecular weight is 370 g/mol. The third-order valence-electron chi connectivity index (χ3n) is 3.50. The molecule has 1 aliphatic heterocycles. The van der Waals surface area contributed by atoms with Crippen LogP contribution < -0.4 is 5.01 Å². The molecule has 1 aliphatic rings. The van der Waals surface area contributed by atoms with Crippen molar-refractivity contribution < 1.29 is 9.90 Å². The van der Waals surface area contributed by atoms with Crippen molar-refractivity contribution >= 4 is 44.7 Å². The van der Waals surface area contributed by atoms with Crippen molar-refractivity contribution in [1.29, 1.82) is 0 Å². The van der Waals surface area contributed by atoms with E-state index >= 15 is 0 Å². The SMILES string of the molecule is O=C(O)CSc1nc2ccc(Br)cc2n1N1CCCCC1. The quantitative estimate of drug-likeness (QED) is 0.839. The number of aliphatic carboxylic acids is 1. The van der Waals surface area contributed by atoms with Gasteiger partial charge in [-0.25, -0.2) is 9.66 Å². The zero-order valence-corrected chi connectivity index (χ0v) is 13.9. The van der Waals surface area contributed by atoms with Crippen LogP contribution in [0.3, 0.4) is 0 Å². The fourth-order valence-electron chi connectivity index (χ4n) is 2.58. The lowest BCUT2D eigenvalue weighted by atomic mass is 10.2. The first-order valence-electron chi connectivity index (χ1n) is 6.93. The molecule has 0 aliphatic carbocycles. The van der Waals surface area contributed by atoms with Gasteiger partial charge in [-0.05, 0) is 37.5 Å². The number of rotatable bonds is 4. The van der Waals surface area contributed by atoms with E-state index in [1.165, 1.54) is 18.2 Å². The van der Waals surface area contributed by atoms with E-state index in [0.29, 0.717) is 0 Å². The Morgan fingerprint density at radius 3 is 2.81 bits per heavy atom. The second-order valence-corrected chi connectivity index (χ2v) is 6.89. The number of aromatic nitrogens is 2. The van der Waals surface area contributed by atoms with Crippen LogP contribution in [0.4, 0.5) is 0 Å². The monoisotopic (exact) mass is 369 g/mol. The van der Waals surface area contributed by atoms with E-state index in [1.807, 2.05) is 18.2 Å². The van der Waals surface area contributed by atoms with Gasteiger partial charge in [-0.1, -0.05) is 27.7 Å². The molecule has 0 saturated carbocycles. The van der Waals surface area contributed by atoms with Crippen LogP contribution in [0.5, 0.6) is 0 Å². The molecule has 21 heavy (non-hydrogen) atoms. The molecule has 2 heterocycles. The van der Waals surface area contributed by atoms with E-state index in [0.717, 1.165) is 46.6 Å². The highest BCUT2D eigenvalue weighted by molar-refractivity contribution is 9.10. The largest absolute Gasteiger partial charge is 0.481 e. The number of hydrogen-bond donors (Lipinski definition) is 1. The molecular formula is C14H16BrN3O2S. The summed E-state index contributed by atoms with van der Waals surface area (Å²) >= 11 is 4.78. The van der Waals surface area contributed by atoms with Gasteiger partial charge < -0.3 is 10.1 Å². The van der Waals surface area contributed by atoms with Gasteiger partial charge in [-0.15, -0.1) is 0 Å². The first-order valence-corrected chi connectivity index (χ1v) is 8.71. The summed E-state index contributed by atoms with van der Waals surface area (Å²) < 4.78 is 3.09. The summed E-state index contributed by atoms with van der Waals surface area (Å²) in [5, 5.41) is 11.9. The Balaban J connectivity index is 2.04. The molecule has 0 amide bonds. The van der Waals surface area contributed by atoms with Crippen LogP contribution >= 0.6 is 27.7 Å². The molecule has 0 spiro atoms. The molecule has 1 saturated heterocycles. The molecule has 5 nitrogen and oxygen atoms in total. The van der Waals surface area contributed by atoms with Crippen LogP contribution in [0.15, 0.2) is 27.8 Å². The minimum Gasteiger partial charge on any atom is -0.481 e. The molecule has 112 valence electrons. The number of halogens is 1. The van der Waals surface area contributed by atoms with Crippen LogP contribution in [0.1, 0.15) is 19.3 Å². The molecule has 3 rings (SSSR count). The first kappa shape index (κ1) is 14.7. The number of thioether (sulfide) groups is 1. The molecule has 0 unspecified atom stereocenters. The highest BCUT2D eigenvalue weighted by Crippen LogP contribution is 2.27. The third-order valence-corrected chi connectivity index (χ3v) is 4.91. The van der Waals surface area contributed by atoms with E-state index < -0.39 is 5.97 Å². The Bertz CT molecular complexity index is 668. The van der Waals surface area contributed by atoms with Crippen LogP contribution in [0, 0.1) is 0 Å². The summed E-state index contributed by atoms with van der Waals surface area (Å²) in [7, 11) is 0. The summed E-state index contributed by atoms with van der Waals surface area (Å²) in [5.74, 6) is -0.795. The summed E-state index contributed by atoms with van der Waals surface area (Å²) in [6.07, 6.45) is 3.58. The Kier molecular flexibility index (Phi) is 4.40. The van der Waals surface area contributed by atoms with Gasteiger partial charge >= 0.3 is 5.97 Å². The molecule has 0 radical (unpaired) electrons. The van der Waals surface area contributed by atoms with Gasteiger partial charge in [0.1, 0.15) is 0 Å². The number of hydrogen-bond acceptors (Lipinski definition) is 4. The van der Waals surface area contributed by atoms with E-state index in [4.69, 9.17) is 5.11 Å². The highest BCUT2D eigenvalue weighted by atomic mass is 79.9.